The van der Waals surface area contributed by atoms with Gasteiger partial charge >= 0.3 is 12.1 Å². The van der Waals surface area contributed by atoms with Gasteiger partial charge in [-0.25, -0.2) is 9.18 Å². The van der Waals surface area contributed by atoms with Crippen molar-refractivity contribution in [2.75, 3.05) is 20.2 Å². The second-order valence-electron chi connectivity index (χ2n) is 5.00. The number of carbonyl (C=O) groups is 2. The van der Waals surface area contributed by atoms with Crippen LogP contribution in [-0.4, -0.2) is 43.3 Å². The molecule has 0 spiro atoms. The van der Waals surface area contributed by atoms with Gasteiger partial charge in [0.25, 0.3) is 0 Å². The van der Waals surface area contributed by atoms with E-state index in [1.165, 1.54) is 12.0 Å². The Hall–Kier alpha value is -2.11. The van der Waals surface area contributed by atoms with Crippen LogP contribution >= 0.6 is 0 Å². The van der Waals surface area contributed by atoms with Crippen LogP contribution in [0.2, 0.25) is 0 Å². The average molecular weight is 295 g/mol. The lowest BCUT2D eigenvalue weighted by Crippen LogP contribution is -2.47. The molecule has 0 radical (unpaired) electrons. The van der Waals surface area contributed by atoms with E-state index in [1.807, 2.05) is 30.3 Å². The molecule has 1 aromatic carbocycles. The molecule has 1 amide bonds. The Kier molecular flexibility index (Phi) is 5.14. The number of hydrogen-bond donors (Lipinski definition) is 0. The van der Waals surface area contributed by atoms with Crippen LogP contribution < -0.4 is 0 Å². The lowest BCUT2D eigenvalue weighted by Gasteiger charge is -2.32. The number of nitrogens with zero attached hydrogens (tertiary/aromatic N) is 1. The smallest absolute Gasteiger partial charge is 0.410 e. The number of rotatable bonds is 3. The van der Waals surface area contributed by atoms with E-state index in [0.29, 0.717) is 0 Å². The Morgan fingerprint density at radius 2 is 2.00 bits per heavy atom. The van der Waals surface area contributed by atoms with Crippen LogP contribution in [0.1, 0.15) is 12.0 Å². The largest absolute Gasteiger partial charge is 0.469 e. The number of ether oxygens (including phenoxy) is 2. The zero-order chi connectivity index (χ0) is 15.2. The summed E-state index contributed by atoms with van der Waals surface area (Å²) in [5, 5.41) is 0. The van der Waals surface area contributed by atoms with Gasteiger partial charge in [0, 0.05) is 6.54 Å². The predicted molar refractivity (Wildman–Crippen MR) is 73.2 cm³/mol. The topological polar surface area (TPSA) is 55.8 Å². The molecule has 1 aliphatic heterocycles. The van der Waals surface area contributed by atoms with Crippen LogP contribution in [0.4, 0.5) is 9.18 Å². The summed E-state index contributed by atoms with van der Waals surface area (Å²) in [6, 6.07) is 9.21. The molecule has 1 aliphatic rings. The van der Waals surface area contributed by atoms with E-state index in [2.05, 4.69) is 4.74 Å². The third kappa shape index (κ3) is 4.18. The summed E-state index contributed by atoms with van der Waals surface area (Å²) >= 11 is 0. The molecule has 0 aliphatic carbocycles. The Balaban J connectivity index is 1.90. The van der Waals surface area contributed by atoms with Gasteiger partial charge in [-0.1, -0.05) is 30.3 Å². The van der Waals surface area contributed by atoms with Crippen molar-refractivity contribution in [3.05, 3.63) is 35.9 Å². The van der Waals surface area contributed by atoms with Crippen LogP contribution in [0.3, 0.4) is 0 Å². The first-order chi connectivity index (χ1) is 10.1. The number of benzene rings is 1. The van der Waals surface area contributed by atoms with Gasteiger partial charge in [0.15, 0.2) is 0 Å². The van der Waals surface area contributed by atoms with Crippen molar-refractivity contribution < 1.29 is 23.5 Å². The number of likely N-dealkylation sites (tertiary alicyclic amines) is 1. The zero-order valence-corrected chi connectivity index (χ0v) is 11.8. The lowest BCUT2D eigenvalue weighted by molar-refractivity contribution is -0.148. The van der Waals surface area contributed by atoms with Gasteiger partial charge in [-0.2, -0.15) is 0 Å². The van der Waals surface area contributed by atoms with Gasteiger partial charge in [-0.3, -0.25) is 4.79 Å². The Bertz CT molecular complexity index is 494. The van der Waals surface area contributed by atoms with E-state index in [1.54, 1.807) is 0 Å². The van der Waals surface area contributed by atoms with Gasteiger partial charge in [0.05, 0.1) is 19.6 Å². The lowest BCUT2D eigenvalue weighted by atomic mass is 9.97. The van der Waals surface area contributed by atoms with E-state index in [0.717, 1.165) is 5.56 Å². The van der Waals surface area contributed by atoms with Gasteiger partial charge in [0.1, 0.15) is 12.8 Å². The number of piperidine rings is 1. The molecule has 2 atom stereocenters. The van der Waals surface area contributed by atoms with E-state index in [4.69, 9.17) is 4.74 Å². The molecule has 0 N–H and O–H groups in total. The molecule has 0 bridgehead atoms. The first kappa shape index (κ1) is 15.3. The van der Waals surface area contributed by atoms with Gasteiger partial charge in [-0.05, 0) is 12.0 Å². The summed E-state index contributed by atoms with van der Waals surface area (Å²) in [7, 11) is 1.25. The predicted octanol–water partition coefficient (Wildman–Crippen LogP) is 2.16. The van der Waals surface area contributed by atoms with Crippen molar-refractivity contribution in [2.45, 2.75) is 19.2 Å². The minimum atomic E-state index is -1.24. The van der Waals surface area contributed by atoms with E-state index in [-0.39, 0.29) is 26.1 Å². The van der Waals surface area contributed by atoms with Crippen molar-refractivity contribution in [1.82, 2.24) is 4.90 Å². The molecule has 1 aromatic rings. The number of alkyl halides is 1. The summed E-state index contributed by atoms with van der Waals surface area (Å²) < 4.78 is 23.4. The summed E-state index contributed by atoms with van der Waals surface area (Å²) in [5.41, 5.74) is 0.851. The fourth-order valence-electron chi connectivity index (χ4n) is 2.33. The number of methoxy groups -OCH3 is 1. The average Bonchev–Trinajstić information content (AvgIpc) is 2.52. The molecule has 0 aromatic heterocycles. The molecule has 1 heterocycles. The zero-order valence-electron chi connectivity index (χ0n) is 11.8. The first-order valence-electron chi connectivity index (χ1n) is 6.77. The third-order valence-electron chi connectivity index (χ3n) is 3.40. The van der Waals surface area contributed by atoms with Crippen molar-refractivity contribution in [2.24, 2.45) is 5.92 Å². The van der Waals surface area contributed by atoms with Crippen LogP contribution in [0.5, 0.6) is 0 Å². The summed E-state index contributed by atoms with van der Waals surface area (Å²) in [4.78, 5) is 24.7. The first-order valence-corrected chi connectivity index (χ1v) is 6.77. The maximum Gasteiger partial charge on any atom is 0.410 e. The second kappa shape index (κ2) is 7.06. The highest BCUT2D eigenvalue weighted by atomic mass is 19.1. The third-order valence-corrected chi connectivity index (χ3v) is 3.40. The Morgan fingerprint density at radius 1 is 1.29 bits per heavy atom. The Morgan fingerprint density at radius 3 is 2.67 bits per heavy atom. The van der Waals surface area contributed by atoms with E-state index in [9.17, 15) is 14.0 Å². The highest BCUT2D eigenvalue weighted by Crippen LogP contribution is 2.21. The number of carbonyl (C=O) groups excluding carboxylic acids is 2. The number of esters is 1. The Labute approximate surface area is 122 Å². The summed E-state index contributed by atoms with van der Waals surface area (Å²) in [6.45, 7) is 0.192. The highest BCUT2D eigenvalue weighted by Gasteiger charge is 2.35. The van der Waals surface area contributed by atoms with Gasteiger partial charge < -0.3 is 14.4 Å². The molecule has 5 nitrogen and oxygen atoms in total. The van der Waals surface area contributed by atoms with Crippen molar-refractivity contribution in [3.8, 4) is 0 Å². The molecule has 6 heteroatoms. The minimum Gasteiger partial charge on any atom is -0.469 e. The van der Waals surface area contributed by atoms with Crippen molar-refractivity contribution >= 4 is 12.1 Å². The van der Waals surface area contributed by atoms with Crippen molar-refractivity contribution in [1.29, 1.82) is 0 Å². The van der Waals surface area contributed by atoms with E-state index < -0.39 is 24.2 Å². The maximum absolute atomic E-state index is 13.6. The summed E-state index contributed by atoms with van der Waals surface area (Å²) in [6.07, 6.45) is -1.78. The molecule has 0 saturated carbocycles. The van der Waals surface area contributed by atoms with Gasteiger partial charge in [-0.15, -0.1) is 0 Å². The normalized spacial score (nSPS) is 21.7. The molecule has 2 rings (SSSR count). The van der Waals surface area contributed by atoms with Crippen LogP contribution in [-0.2, 0) is 20.9 Å². The van der Waals surface area contributed by atoms with E-state index >= 15 is 0 Å². The SMILES string of the molecule is COC(=O)[C@@H]1C[C@@H](F)CN(C(=O)OCc2ccccc2)C1. The maximum atomic E-state index is 13.6. The highest BCUT2D eigenvalue weighted by molar-refractivity contribution is 5.74. The number of halogens is 1. The summed E-state index contributed by atoms with van der Waals surface area (Å²) in [5.74, 6) is -1.14. The van der Waals surface area contributed by atoms with Crippen LogP contribution in [0.25, 0.3) is 0 Å². The quantitative estimate of drug-likeness (QED) is 0.802. The molecular formula is C15H18FNO4. The standard InChI is InChI=1S/C15H18FNO4/c1-20-14(18)12-7-13(16)9-17(8-12)15(19)21-10-11-5-3-2-4-6-11/h2-6,12-13H,7-10H2,1H3/t12-,13-/m1/s1. The van der Waals surface area contributed by atoms with Gasteiger partial charge in [0.2, 0.25) is 0 Å². The van der Waals surface area contributed by atoms with Crippen molar-refractivity contribution in [3.63, 3.8) is 0 Å². The number of hydrogen-bond acceptors (Lipinski definition) is 4. The molecule has 21 heavy (non-hydrogen) atoms. The fraction of sp³-hybridized carbons (Fsp3) is 0.467. The van der Waals surface area contributed by atoms with Crippen LogP contribution in [0.15, 0.2) is 30.3 Å². The molecular weight excluding hydrogens is 277 g/mol. The molecule has 0 unspecified atom stereocenters. The molecule has 114 valence electrons. The molecule has 1 fully saturated rings. The molecule has 1 saturated heterocycles. The fourth-order valence-corrected chi connectivity index (χ4v) is 2.33. The number of amides is 1. The monoisotopic (exact) mass is 295 g/mol. The van der Waals surface area contributed by atoms with Crippen LogP contribution in [0, 0.1) is 5.92 Å². The second-order valence-corrected chi connectivity index (χ2v) is 5.00. The minimum absolute atomic E-state index is 0.0544.